The first-order valence-electron chi connectivity index (χ1n) is 12.9. The topological polar surface area (TPSA) is 108 Å². The number of esters is 3. The van der Waals surface area contributed by atoms with E-state index in [9.17, 15) is 19.5 Å². The molecule has 2 bridgehead atoms. The summed E-state index contributed by atoms with van der Waals surface area (Å²) in [6.07, 6.45) is -0.567. The number of carbonyl (C=O) groups excluding carboxylic acids is 3. The van der Waals surface area contributed by atoms with Crippen LogP contribution in [0.5, 0.6) is 0 Å². The van der Waals surface area contributed by atoms with E-state index >= 15 is 0 Å². The summed E-state index contributed by atoms with van der Waals surface area (Å²) in [7, 11) is 0. The Labute approximate surface area is 226 Å². The van der Waals surface area contributed by atoms with Crippen molar-refractivity contribution in [3.05, 3.63) is 108 Å². The monoisotopic (exact) mass is 530 g/mol. The van der Waals surface area contributed by atoms with Crippen LogP contribution in [0.4, 0.5) is 0 Å². The summed E-state index contributed by atoms with van der Waals surface area (Å²) in [5.74, 6) is -4.29. The highest BCUT2D eigenvalue weighted by Gasteiger charge is 2.68. The Balaban J connectivity index is 1.34. The van der Waals surface area contributed by atoms with Gasteiger partial charge in [-0.05, 0) is 29.7 Å². The van der Waals surface area contributed by atoms with Gasteiger partial charge in [0.1, 0.15) is 24.7 Å². The number of carbonyl (C=O) groups is 3. The first-order chi connectivity index (χ1) is 19.0. The minimum atomic E-state index is -1.35. The molecule has 0 radical (unpaired) electrons. The van der Waals surface area contributed by atoms with Gasteiger partial charge in [0.25, 0.3) is 0 Å². The normalized spacial score (nSPS) is 25.2. The summed E-state index contributed by atoms with van der Waals surface area (Å²) in [5, 5.41) is 10.4. The predicted octanol–water partition coefficient (Wildman–Crippen LogP) is 3.71. The molecule has 8 nitrogen and oxygen atoms in total. The van der Waals surface area contributed by atoms with Gasteiger partial charge in [0.2, 0.25) is 0 Å². The highest BCUT2D eigenvalue weighted by atomic mass is 16.6. The van der Waals surface area contributed by atoms with E-state index in [0.29, 0.717) is 5.56 Å². The summed E-state index contributed by atoms with van der Waals surface area (Å²) in [6, 6.07) is 27.0. The number of fused-ring (bicyclic) bond motifs is 2. The third-order valence-corrected chi connectivity index (χ3v) is 7.40. The fourth-order valence-electron chi connectivity index (χ4n) is 5.53. The molecular weight excluding hydrogens is 500 g/mol. The lowest BCUT2D eigenvalue weighted by Gasteiger charge is -2.35. The van der Waals surface area contributed by atoms with Gasteiger partial charge < -0.3 is 24.1 Å². The van der Waals surface area contributed by atoms with Crippen LogP contribution in [-0.2, 0) is 41.8 Å². The maximum atomic E-state index is 13.5. The Morgan fingerprint density at radius 3 is 1.87 bits per heavy atom. The predicted molar refractivity (Wildman–Crippen MR) is 139 cm³/mol. The van der Waals surface area contributed by atoms with Crippen LogP contribution in [0.25, 0.3) is 0 Å². The van der Waals surface area contributed by atoms with Crippen molar-refractivity contribution in [3.63, 3.8) is 0 Å². The van der Waals surface area contributed by atoms with Gasteiger partial charge in [-0.25, -0.2) is 4.79 Å². The summed E-state index contributed by atoms with van der Waals surface area (Å²) < 4.78 is 23.0. The Hall–Kier alpha value is -4.01. The molecule has 0 aliphatic carbocycles. The molecule has 2 aliphatic rings. The summed E-state index contributed by atoms with van der Waals surface area (Å²) in [4.78, 5) is 39.4. The largest absolute Gasteiger partial charge is 0.462 e. The molecule has 8 heteroatoms. The smallest absolute Gasteiger partial charge is 0.338 e. The van der Waals surface area contributed by atoms with Gasteiger partial charge in [0.15, 0.2) is 0 Å². The van der Waals surface area contributed by atoms with Crippen molar-refractivity contribution in [2.45, 2.75) is 31.3 Å². The van der Waals surface area contributed by atoms with E-state index in [1.807, 2.05) is 60.7 Å². The van der Waals surface area contributed by atoms with Crippen molar-refractivity contribution in [2.75, 3.05) is 13.2 Å². The molecule has 3 aromatic carbocycles. The number of hydrogen-bond acceptors (Lipinski definition) is 8. The third kappa shape index (κ3) is 5.72. The first-order valence-corrected chi connectivity index (χ1v) is 12.9. The molecule has 0 aromatic heterocycles. The second kappa shape index (κ2) is 11.8. The molecule has 0 unspecified atom stereocenters. The average Bonchev–Trinajstić information content (AvgIpc) is 3.53. The van der Waals surface area contributed by atoms with Crippen LogP contribution in [0.1, 0.15) is 27.9 Å². The molecule has 2 heterocycles. The Morgan fingerprint density at radius 2 is 1.31 bits per heavy atom. The first kappa shape index (κ1) is 26.6. The van der Waals surface area contributed by atoms with Gasteiger partial charge in [-0.1, -0.05) is 78.9 Å². The highest BCUT2D eigenvalue weighted by molar-refractivity contribution is 5.89. The van der Waals surface area contributed by atoms with Crippen molar-refractivity contribution in [1.82, 2.24) is 0 Å². The molecule has 5 rings (SSSR count). The third-order valence-electron chi connectivity index (χ3n) is 7.40. The van der Waals surface area contributed by atoms with Gasteiger partial charge in [-0.2, -0.15) is 0 Å². The lowest BCUT2D eigenvalue weighted by atomic mass is 9.68. The zero-order chi connectivity index (χ0) is 27.2. The van der Waals surface area contributed by atoms with Crippen LogP contribution in [0.2, 0.25) is 0 Å². The SMILES string of the molecule is O=C(OC[C@H]1C[C@@]2(CO)O[C@H]1[C@@H](C(=O)OCc1ccccc1)[C@H]2C(=O)OCc1ccccc1)c1ccccc1. The van der Waals surface area contributed by atoms with E-state index in [1.165, 1.54) is 0 Å². The number of ether oxygens (including phenoxy) is 4. The standard InChI is InChI=1S/C31H30O8/c32-20-31-16-24(19-38-28(33)23-14-8-3-9-15-23)27(39-31)25(29(34)36-17-21-10-4-1-5-11-21)26(31)30(35)37-18-22-12-6-2-7-13-22/h1-15,24-27,32H,16-20H2/t24-,25+,26+,27-,31+/m1/s1. The molecule has 202 valence electrons. The van der Waals surface area contributed by atoms with Crippen LogP contribution < -0.4 is 0 Å². The van der Waals surface area contributed by atoms with E-state index in [1.54, 1.807) is 30.3 Å². The number of benzene rings is 3. The number of aliphatic hydroxyl groups excluding tert-OH is 1. The van der Waals surface area contributed by atoms with E-state index in [0.717, 1.165) is 11.1 Å². The van der Waals surface area contributed by atoms with Crippen molar-refractivity contribution in [1.29, 1.82) is 0 Å². The zero-order valence-corrected chi connectivity index (χ0v) is 21.3. The van der Waals surface area contributed by atoms with E-state index in [4.69, 9.17) is 18.9 Å². The molecule has 39 heavy (non-hydrogen) atoms. The van der Waals surface area contributed by atoms with Crippen LogP contribution in [-0.4, -0.2) is 47.9 Å². The number of rotatable bonds is 10. The van der Waals surface area contributed by atoms with Gasteiger partial charge in [0.05, 0.1) is 30.8 Å². The number of hydrogen-bond donors (Lipinski definition) is 1. The van der Waals surface area contributed by atoms with E-state index < -0.39 is 54.0 Å². The fourth-order valence-corrected chi connectivity index (χ4v) is 5.53. The summed E-state index contributed by atoms with van der Waals surface area (Å²) in [6.45, 7) is -0.491. The van der Waals surface area contributed by atoms with Crippen molar-refractivity contribution >= 4 is 17.9 Å². The quantitative estimate of drug-likeness (QED) is 0.312. The molecule has 1 N–H and O–H groups in total. The molecule has 2 saturated heterocycles. The van der Waals surface area contributed by atoms with E-state index in [-0.39, 0.29) is 26.2 Å². The van der Waals surface area contributed by atoms with Crippen molar-refractivity contribution < 1.29 is 38.4 Å². The second-order valence-electron chi connectivity index (χ2n) is 9.92. The van der Waals surface area contributed by atoms with Crippen LogP contribution >= 0.6 is 0 Å². The molecular formula is C31H30O8. The molecule has 0 spiro atoms. The van der Waals surface area contributed by atoms with Gasteiger partial charge in [-0.3, -0.25) is 9.59 Å². The zero-order valence-electron chi connectivity index (χ0n) is 21.3. The maximum Gasteiger partial charge on any atom is 0.338 e. The van der Waals surface area contributed by atoms with E-state index in [2.05, 4.69) is 0 Å². The van der Waals surface area contributed by atoms with Gasteiger partial charge in [-0.15, -0.1) is 0 Å². The van der Waals surface area contributed by atoms with Gasteiger partial charge >= 0.3 is 17.9 Å². The van der Waals surface area contributed by atoms with Crippen molar-refractivity contribution in [2.24, 2.45) is 17.8 Å². The molecule has 0 saturated carbocycles. The lowest BCUT2D eigenvalue weighted by Crippen LogP contribution is -2.51. The highest BCUT2D eigenvalue weighted by Crippen LogP contribution is 2.55. The van der Waals surface area contributed by atoms with Crippen LogP contribution in [0, 0.1) is 17.8 Å². The minimum absolute atomic E-state index is 0.0201. The van der Waals surface area contributed by atoms with Crippen LogP contribution in [0.15, 0.2) is 91.0 Å². The molecule has 0 amide bonds. The fraction of sp³-hybridized carbons (Fsp3) is 0.323. The summed E-state index contributed by atoms with van der Waals surface area (Å²) >= 11 is 0. The maximum absolute atomic E-state index is 13.5. The lowest BCUT2D eigenvalue weighted by molar-refractivity contribution is -0.167. The second-order valence-corrected chi connectivity index (χ2v) is 9.92. The van der Waals surface area contributed by atoms with Crippen molar-refractivity contribution in [3.8, 4) is 0 Å². The molecule has 2 aliphatic heterocycles. The summed E-state index contributed by atoms with van der Waals surface area (Å²) in [5.41, 5.74) is 0.642. The molecule has 5 atom stereocenters. The van der Waals surface area contributed by atoms with Gasteiger partial charge in [0, 0.05) is 5.92 Å². The Bertz CT molecular complexity index is 1280. The number of aliphatic hydroxyl groups is 1. The molecule has 3 aromatic rings. The molecule has 2 fully saturated rings. The Morgan fingerprint density at radius 1 is 0.769 bits per heavy atom. The average molecular weight is 531 g/mol. The van der Waals surface area contributed by atoms with Crippen LogP contribution in [0.3, 0.4) is 0 Å². The minimum Gasteiger partial charge on any atom is -0.462 e. The Kier molecular flexibility index (Phi) is 8.05.